The SMILES string of the molecule is COc1ccc(NC(=O)/C(C#N)=C/c2cc3c(cc2OC)N(C)C(C)(C)CC3C)cc1. The van der Waals surface area contributed by atoms with Crippen molar-refractivity contribution in [2.75, 3.05) is 31.5 Å². The number of nitrogens with one attached hydrogen (secondary N) is 1. The predicted molar refractivity (Wildman–Crippen MR) is 124 cm³/mol. The van der Waals surface area contributed by atoms with Crippen molar-refractivity contribution in [2.45, 2.75) is 38.6 Å². The number of methoxy groups -OCH3 is 2. The minimum absolute atomic E-state index is 0.00575. The fourth-order valence-corrected chi connectivity index (χ4v) is 4.08. The van der Waals surface area contributed by atoms with Gasteiger partial charge >= 0.3 is 0 Å². The number of rotatable bonds is 5. The maximum Gasteiger partial charge on any atom is 0.266 e. The normalized spacial score (nSPS) is 17.4. The van der Waals surface area contributed by atoms with E-state index in [-0.39, 0.29) is 11.1 Å². The number of hydrogen-bond donors (Lipinski definition) is 1. The lowest BCUT2D eigenvalue weighted by Gasteiger charge is -2.45. The van der Waals surface area contributed by atoms with Crippen molar-refractivity contribution in [1.29, 1.82) is 5.26 Å². The summed E-state index contributed by atoms with van der Waals surface area (Å²) in [6.07, 6.45) is 2.60. The second kappa shape index (κ2) is 8.73. The molecule has 6 heteroatoms. The molecular formula is C25H29N3O3. The summed E-state index contributed by atoms with van der Waals surface area (Å²) >= 11 is 0. The monoisotopic (exact) mass is 419 g/mol. The van der Waals surface area contributed by atoms with E-state index in [2.05, 4.69) is 38.0 Å². The van der Waals surface area contributed by atoms with E-state index in [0.717, 1.165) is 12.1 Å². The molecule has 0 aromatic heterocycles. The number of nitriles is 1. The quantitative estimate of drug-likeness (QED) is 0.547. The Morgan fingerprint density at radius 1 is 1.23 bits per heavy atom. The number of carbonyl (C=O) groups is 1. The minimum atomic E-state index is -0.473. The van der Waals surface area contributed by atoms with Gasteiger partial charge in [-0.15, -0.1) is 0 Å². The molecule has 0 spiro atoms. The van der Waals surface area contributed by atoms with Crippen LogP contribution >= 0.6 is 0 Å². The molecule has 0 saturated carbocycles. The van der Waals surface area contributed by atoms with Crippen LogP contribution in [-0.2, 0) is 4.79 Å². The van der Waals surface area contributed by atoms with Crippen LogP contribution in [0, 0.1) is 11.3 Å². The predicted octanol–water partition coefficient (Wildman–Crippen LogP) is 4.97. The molecule has 2 aromatic carbocycles. The summed E-state index contributed by atoms with van der Waals surface area (Å²) in [5.74, 6) is 1.19. The van der Waals surface area contributed by atoms with Crippen LogP contribution in [0.25, 0.3) is 6.08 Å². The third-order valence-corrected chi connectivity index (χ3v) is 6.00. The summed E-state index contributed by atoms with van der Waals surface area (Å²) in [7, 11) is 5.26. The van der Waals surface area contributed by atoms with Crippen molar-refractivity contribution >= 4 is 23.4 Å². The van der Waals surface area contributed by atoms with Crippen LogP contribution in [0.4, 0.5) is 11.4 Å². The van der Waals surface area contributed by atoms with Crippen molar-refractivity contribution in [3.05, 3.63) is 53.1 Å². The molecule has 6 nitrogen and oxygen atoms in total. The fourth-order valence-electron chi connectivity index (χ4n) is 4.08. The van der Waals surface area contributed by atoms with Crippen LogP contribution in [0.1, 0.15) is 44.2 Å². The molecule has 1 amide bonds. The van der Waals surface area contributed by atoms with Gasteiger partial charge in [0.1, 0.15) is 23.1 Å². The van der Waals surface area contributed by atoms with E-state index in [1.54, 1.807) is 44.6 Å². The third kappa shape index (κ3) is 4.51. The van der Waals surface area contributed by atoms with Gasteiger partial charge in [0.25, 0.3) is 5.91 Å². The van der Waals surface area contributed by atoms with E-state index >= 15 is 0 Å². The highest BCUT2D eigenvalue weighted by molar-refractivity contribution is 6.09. The van der Waals surface area contributed by atoms with Crippen molar-refractivity contribution < 1.29 is 14.3 Å². The largest absolute Gasteiger partial charge is 0.497 e. The molecule has 3 rings (SSSR count). The standard InChI is InChI=1S/C25H29N3O3/c1-16-14-25(2,3)28(4)22-13-23(31-6)17(12-21(16)22)11-18(15-26)24(29)27-19-7-9-20(30-5)10-8-19/h7-13,16H,14H2,1-6H3,(H,27,29)/b18-11+. The molecule has 1 N–H and O–H groups in total. The van der Waals surface area contributed by atoms with Crippen molar-refractivity contribution in [2.24, 2.45) is 0 Å². The van der Waals surface area contributed by atoms with E-state index in [1.807, 2.05) is 18.2 Å². The van der Waals surface area contributed by atoms with E-state index in [0.29, 0.717) is 28.7 Å². The topological polar surface area (TPSA) is 74.6 Å². The molecule has 1 aliphatic rings. The number of carbonyl (C=O) groups excluding carboxylic acids is 1. The average molecular weight is 420 g/mol. The van der Waals surface area contributed by atoms with Gasteiger partial charge in [-0.05, 0) is 68.2 Å². The van der Waals surface area contributed by atoms with Gasteiger partial charge in [0, 0.05) is 35.6 Å². The molecule has 1 aliphatic heterocycles. The molecule has 0 saturated heterocycles. The zero-order valence-corrected chi connectivity index (χ0v) is 18.9. The Kier molecular flexibility index (Phi) is 6.26. The molecule has 1 heterocycles. The van der Waals surface area contributed by atoms with Gasteiger partial charge in [-0.3, -0.25) is 4.79 Å². The summed E-state index contributed by atoms with van der Waals surface area (Å²) in [5, 5.41) is 12.4. The molecule has 1 unspecified atom stereocenters. The number of amides is 1. The van der Waals surface area contributed by atoms with Crippen molar-refractivity contribution in [3.8, 4) is 17.6 Å². The van der Waals surface area contributed by atoms with E-state index in [9.17, 15) is 10.1 Å². The number of benzene rings is 2. The van der Waals surface area contributed by atoms with Crippen molar-refractivity contribution in [1.82, 2.24) is 0 Å². The first-order valence-electron chi connectivity index (χ1n) is 10.2. The van der Waals surface area contributed by atoms with Gasteiger partial charge in [0.15, 0.2) is 0 Å². The Labute approximate surface area is 184 Å². The summed E-state index contributed by atoms with van der Waals surface area (Å²) in [4.78, 5) is 15.0. The Morgan fingerprint density at radius 2 is 1.90 bits per heavy atom. The first-order chi connectivity index (χ1) is 14.7. The van der Waals surface area contributed by atoms with Crippen LogP contribution in [0.3, 0.4) is 0 Å². The molecule has 0 bridgehead atoms. The summed E-state index contributed by atoms with van der Waals surface area (Å²) in [5.41, 5.74) is 3.63. The molecule has 0 fully saturated rings. The second-order valence-electron chi connectivity index (χ2n) is 8.48. The lowest BCUT2D eigenvalue weighted by Crippen LogP contribution is -2.45. The van der Waals surface area contributed by atoms with Crippen LogP contribution in [-0.4, -0.2) is 32.7 Å². The highest BCUT2D eigenvalue weighted by Crippen LogP contribution is 2.45. The second-order valence-corrected chi connectivity index (χ2v) is 8.48. The van der Waals surface area contributed by atoms with Crippen molar-refractivity contribution in [3.63, 3.8) is 0 Å². The number of hydrogen-bond acceptors (Lipinski definition) is 5. The summed E-state index contributed by atoms with van der Waals surface area (Å²) < 4.78 is 10.7. The number of anilines is 2. The molecule has 0 aliphatic carbocycles. The maximum absolute atomic E-state index is 12.7. The molecule has 0 radical (unpaired) electrons. The van der Waals surface area contributed by atoms with Gasteiger partial charge < -0.3 is 19.7 Å². The zero-order chi connectivity index (χ0) is 22.8. The summed E-state index contributed by atoms with van der Waals surface area (Å²) in [6.45, 7) is 6.66. The maximum atomic E-state index is 12.7. The van der Waals surface area contributed by atoms with Gasteiger partial charge in [-0.1, -0.05) is 6.92 Å². The summed E-state index contributed by atoms with van der Waals surface area (Å²) in [6, 6.07) is 13.0. The fraction of sp³-hybridized carbons (Fsp3) is 0.360. The van der Waals surface area contributed by atoms with Gasteiger partial charge in [0.2, 0.25) is 0 Å². The zero-order valence-electron chi connectivity index (χ0n) is 18.9. The Bertz CT molecular complexity index is 1050. The van der Waals surface area contributed by atoms with Crippen LogP contribution in [0.5, 0.6) is 11.5 Å². The molecule has 31 heavy (non-hydrogen) atoms. The van der Waals surface area contributed by atoms with Crippen LogP contribution < -0.4 is 19.7 Å². The number of ether oxygens (including phenoxy) is 2. The first kappa shape index (κ1) is 22.2. The van der Waals surface area contributed by atoms with E-state index in [1.165, 1.54) is 5.56 Å². The molecular weight excluding hydrogens is 390 g/mol. The first-order valence-corrected chi connectivity index (χ1v) is 10.2. The third-order valence-electron chi connectivity index (χ3n) is 6.00. The minimum Gasteiger partial charge on any atom is -0.497 e. The highest BCUT2D eigenvalue weighted by Gasteiger charge is 2.34. The Balaban J connectivity index is 1.95. The van der Waals surface area contributed by atoms with E-state index < -0.39 is 5.91 Å². The molecule has 162 valence electrons. The lowest BCUT2D eigenvalue weighted by atomic mass is 9.80. The van der Waals surface area contributed by atoms with Gasteiger partial charge in [0.05, 0.1) is 14.2 Å². The highest BCUT2D eigenvalue weighted by atomic mass is 16.5. The molecule has 2 aromatic rings. The average Bonchev–Trinajstić information content (AvgIpc) is 2.75. The van der Waals surface area contributed by atoms with Crippen LogP contribution in [0.2, 0.25) is 0 Å². The lowest BCUT2D eigenvalue weighted by molar-refractivity contribution is -0.112. The van der Waals surface area contributed by atoms with E-state index in [4.69, 9.17) is 9.47 Å². The smallest absolute Gasteiger partial charge is 0.266 e. The van der Waals surface area contributed by atoms with Gasteiger partial charge in [-0.2, -0.15) is 5.26 Å². The Hall–Kier alpha value is -3.46. The number of nitrogens with zero attached hydrogens (tertiary/aromatic N) is 2. The Morgan fingerprint density at radius 3 is 2.48 bits per heavy atom. The van der Waals surface area contributed by atoms with Crippen LogP contribution in [0.15, 0.2) is 42.0 Å². The number of fused-ring (bicyclic) bond motifs is 1. The van der Waals surface area contributed by atoms with Gasteiger partial charge in [-0.25, -0.2) is 0 Å². The molecule has 1 atom stereocenters.